The smallest absolute Gasteiger partial charge is 0.355 e. The van der Waals surface area contributed by atoms with Crippen molar-refractivity contribution in [1.29, 1.82) is 0 Å². The van der Waals surface area contributed by atoms with Gasteiger partial charge in [0, 0.05) is 33.6 Å². The van der Waals surface area contributed by atoms with Crippen LogP contribution in [0.2, 0.25) is 0 Å². The molecule has 3 aromatic rings. The van der Waals surface area contributed by atoms with E-state index in [0.717, 1.165) is 6.07 Å². The molecule has 0 atom stereocenters. The van der Waals surface area contributed by atoms with Crippen LogP contribution in [-0.4, -0.2) is 29.3 Å². The number of carbonyl (C=O) groups is 3. The molecular formula is C23H22N2O5. The predicted molar refractivity (Wildman–Crippen MR) is 114 cm³/mol. The molecule has 3 rings (SSSR count). The number of pyridine rings is 1. The van der Waals surface area contributed by atoms with Gasteiger partial charge in [0.15, 0.2) is 17.8 Å². The predicted octanol–water partition coefficient (Wildman–Crippen LogP) is 3.55. The minimum Gasteiger partial charge on any atom is -0.453 e. The summed E-state index contributed by atoms with van der Waals surface area (Å²) < 4.78 is 5.06. The number of anilines is 1. The number of fused-ring (bicyclic) bond motifs is 1. The summed E-state index contributed by atoms with van der Waals surface area (Å²) in [5.74, 6) is -1.33. The molecule has 0 aliphatic carbocycles. The van der Waals surface area contributed by atoms with Gasteiger partial charge >= 0.3 is 5.97 Å². The Hall–Kier alpha value is -3.74. The third-order valence-corrected chi connectivity index (χ3v) is 4.44. The fourth-order valence-electron chi connectivity index (χ4n) is 2.66. The zero-order chi connectivity index (χ0) is 21.9. The van der Waals surface area contributed by atoms with Crippen LogP contribution in [0, 0.1) is 5.41 Å². The zero-order valence-corrected chi connectivity index (χ0v) is 16.9. The van der Waals surface area contributed by atoms with Gasteiger partial charge in [-0.2, -0.15) is 0 Å². The number of benzene rings is 2. The normalized spacial score (nSPS) is 11.2. The van der Waals surface area contributed by atoms with Crippen LogP contribution in [0.3, 0.4) is 0 Å². The molecule has 2 N–H and O–H groups in total. The quantitative estimate of drug-likeness (QED) is 0.498. The lowest BCUT2D eigenvalue weighted by Gasteiger charge is -2.17. The first kappa shape index (κ1) is 21.0. The van der Waals surface area contributed by atoms with Crippen LogP contribution in [0.25, 0.3) is 10.9 Å². The number of H-pyrrole nitrogens is 1. The molecule has 1 amide bonds. The van der Waals surface area contributed by atoms with Crippen LogP contribution in [0.1, 0.15) is 41.6 Å². The topological polar surface area (TPSA) is 105 Å². The van der Waals surface area contributed by atoms with E-state index in [1.54, 1.807) is 69.3 Å². The van der Waals surface area contributed by atoms with Gasteiger partial charge in [-0.3, -0.25) is 14.4 Å². The summed E-state index contributed by atoms with van der Waals surface area (Å²) in [5, 5.41) is 3.23. The van der Waals surface area contributed by atoms with Crippen molar-refractivity contribution in [2.75, 3.05) is 11.9 Å². The number of aromatic nitrogens is 1. The van der Waals surface area contributed by atoms with Gasteiger partial charge in [-0.05, 0) is 36.4 Å². The fourth-order valence-corrected chi connectivity index (χ4v) is 2.66. The number of ether oxygens (including phenoxy) is 1. The highest BCUT2D eigenvalue weighted by Gasteiger charge is 2.21. The van der Waals surface area contributed by atoms with Crippen molar-refractivity contribution in [3.05, 3.63) is 76.1 Å². The number of ketones is 1. The molecule has 0 saturated heterocycles. The van der Waals surface area contributed by atoms with Crippen molar-refractivity contribution in [2.24, 2.45) is 5.41 Å². The van der Waals surface area contributed by atoms with Gasteiger partial charge in [-0.1, -0.05) is 32.9 Å². The summed E-state index contributed by atoms with van der Waals surface area (Å²) in [6.45, 7) is 4.94. The Morgan fingerprint density at radius 2 is 1.67 bits per heavy atom. The van der Waals surface area contributed by atoms with Crippen LogP contribution in [-0.2, 0) is 9.53 Å². The Bertz CT molecular complexity index is 1170. The highest BCUT2D eigenvalue weighted by molar-refractivity contribution is 6.00. The monoisotopic (exact) mass is 406 g/mol. The van der Waals surface area contributed by atoms with Crippen LogP contribution in [0.4, 0.5) is 5.69 Å². The second kappa shape index (κ2) is 8.32. The Morgan fingerprint density at radius 3 is 2.33 bits per heavy atom. The van der Waals surface area contributed by atoms with Crippen LogP contribution in [0.5, 0.6) is 0 Å². The molecule has 0 radical (unpaired) electrons. The molecule has 7 heteroatoms. The third kappa shape index (κ3) is 4.81. The molecule has 0 unspecified atom stereocenters. The second-order valence-corrected chi connectivity index (χ2v) is 7.87. The van der Waals surface area contributed by atoms with Crippen LogP contribution in [0.15, 0.2) is 59.4 Å². The van der Waals surface area contributed by atoms with Crippen LogP contribution >= 0.6 is 0 Å². The lowest BCUT2D eigenvalue weighted by Crippen LogP contribution is -2.27. The van der Waals surface area contributed by atoms with Gasteiger partial charge in [0.05, 0.1) is 0 Å². The minimum absolute atomic E-state index is 0.0215. The van der Waals surface area contributed by atoms with Gasteiger partial charge in [0.2, 0.25) is 5.91 Å². The van der Waals surface area contributed by atoms with E-state index in [4.69, 9.17) is 4.74 Å². The molecule has 0 bridgehead atoms. The van der Waals surface area contributed by atoms with E-state index in [0.29, 0.717) is 22.2 Å². The number of para-hydroxylation sites is 1. The highest BCUT2D eigenvalue weighted by atomic mass is 16.5. The first-order valence-corrected chi connectivity index (χ1v) is 9.39. The standard InChI is InChI=1S/C23H22N2O5/c1-23(2,3)22(29)24-15-10-8-14(9-11-15)20(27)13-30-21(28)18-12-19(26)16-6-4-5-7-17(16)25-18/h4-12H,13H2,1-3H3,(H,24,29)(H,25,26). The van der Waals surface area contributed by atoms with Gasteiger partial charge in [0.25, 0.3) is 0 Å². The summed E-state index contributed by atoms with van der Waals surface area (Å²) in [5.41, 5.74) is 0.547. The Kier molecular flexibility index (Phi) is 5.82. The average Bonchev–Trinajstić information content (AvgIpc) is 2.71. The number of rotatable bonds is 5. The summed E-state index contributed by atoms with van der Waals surface area (Å²) in [6, 6.07) is 14.3. The van der Waals surface area contributed by atoms with E-state index in [-0.39, 0.29) is 17.0 Å². The summed E-state index contributed by atoms with van der Waals surface area (Å²) in [4.78, 5) is 51.5. The van der Waals surface area contributed by atoms with Crippen molar-refractivity contribution in [3.8, 4) is 0 Å². The molecule has 0 fully saturated rings. The van der Waals surface area contributed by atoms with Crippen molar-refractivity contribution in [1.82, 2.24) is 4.98 Å². The Balaban J connectivity index is 1.63. The van der Waals surface area contributed by atoms with Crippen LogP contribution < -0.4 is 10.7 Å². The summed E-state index contributed by atoms with van der Waals surface area (Å²) in [6.07, 6.45) is 0. The molecular weight excluding hydrogens is 384 g/mol. The second-order valence-electron chi connectivity index (χ2n) is 7.87. The number of Topliss-reactive ketones (excluding diaryl/α,β-unsaturated/α-hetero) is 1. The molecule has 2 aromatic carbocycles. The molecule has 7 nitrogen and oxygen atoms in total. The maximum atomic E-state index is 12.3. The number of hydrogen-bond donors (Lipinski definition) is 2. The number of amides is 1. The lowest BCUT2D eigenvalue weighted by molar-refractivity contribution is -0.123. The molecule has 0 spiro atoms. The SMILES string of the molecule is CC(C)(C)C(=O)Nc1ccc(C(=O)COC(=O)c2cc(=O)c3ccccc3[nH]2)cc1. The minimum atomic E-state index is -0.791. The maximum Gasteiger partial charge on any atom is 0.355 e. The maximum absolute atomic E-state index is 12.3. The number of nitrogens with one attached hydrogen (secondary N) is 2. The molecule has 1 aromatic heterocycles. The van der Waals surface area contributed by atoms with Crippen molar-refractivity contribution in [2.45, 2.75) is 20.8 Å². The lowest BCUT2D eigenvalue weighted by atomic mass is 9.95. The Labute approximate surface area is 173 Å². The molecule has 154 valence electrons. The van der Waals surface area contributed by atoms with E-state index in [1.165, 1.54) is 0 Å². The van der Waals surface area contributed by atoms with Crippen molar-refractivity contribution >= 4 is 34.3 Å². The summed E-state index contributed by atoms with van der Waals surface area (Å²) >= 11 is 0. The van der Waals surface area contributed by atoms with Crippen molar-refractivity contribution < 1.29 is 19.1 Å². The van der Waals surface area contributed by atoms with E-state index in [1.807, 2.05) is 0 Å². The van der Waals surface area contributed by atoms with E-state index in [2.05, 4.69) is 10.3 Å². The van der Waals surface area contributed by atoms with E-state index in [9.17, 15) is 19.2 Å². The molecule has 0 aliphatic heterocycles. The number of aromatic amines is 1. The van der Waals surface area contributed by atoms with Crippen molar-refractivity contribution in [3.63, 3.8) is 0 Å². The molecule has 0 aliphatic rings. The third-order valence-electron chi connectivity index (χ3n) is 4.44. The largest absolute Gasteiger partial charge is 0.453 e. The average molecular weight is 406 g/mol. The van der Waals surface area contributed by atoms with Gasteiger partial charge < -0.3 is 15.0 Å². The first-order valence-electron chi connectivity index (χ1n) is 9.39. The first-order chi connectivity index (χ1) is 14.1. The summed E-state index contributed by atoms with van der Waals surface area (Å²) in [7, 11) is 0. The molecule has 1 heterocycles. The fraction of sp³-hybridized carbons (Fsp3) is 0.217. The van der Waals surface area contributed by atoms with Gasteiger partial charge in [-0.15, -0.1) is 0 Å². The number of carbonyl (C=O) groups excluding carboxylic acids is 3. The van der Waals surface area contributed by atoms with Gasteiger partial charge in [-0.25, -0.2) is 4.79 Å². The number of esters is 1. The van der Waals surface area contributed by atoms with E-state index >= 15 is 0 Å². The molecule has 30 heavy (non-hydrogen) atoms. The highest BCUT2D eigenvalue weighted by Crippen LogP contribution is 2.18. The zero-order valence-electron chi connectivity index (χ0n) is 16.9. The van der Waals surface area contributed by atoms with E-state index < -0.39 is 23.8 Å². The Morgan fingerprint density at radius 1 is 1.00 bits per heavy atom. The molecule has 0 saturated carbocycles. The number of hydrogen-bond acceptors (Lipinski definition) is 5. The van der Waals surface area contributed by atoms with Gasteiger partial charge in [0.1, 0.15) is 5.69 Å².